The molecule has 10 nitrogen and oxygen atoms in total. The lowest BCUT2D eigenvalue weighted by Gasteiger charge is -2.20. The van der Waals surface area contributed by atoms with Crippen molar-refractivity contribution in [2.24, 2.45) is 0 Å². The van der Waals surface area contributed by atoms with Gasteiger partial charge in [0.05, 0.1) is 39.6 Å². The fraction of sp³-hybridized carbons (Fsp3) is 0.263. The standard InChI is InChI=1S/C19H18O10/c1-24-16-12(8(18(22)26-3)5-10(20)14(16)21)13-9(19(23)27-4)6-11-15(17(13)25-2)29-7-28-11/h5-6,20-21H,7H2,1-4H3. The summed E-state index contributed by atoms with van der Waals surface area (Å²) in [6.45, 7) is -0.114. The van der Waals surface area contributed by atoms with Gasteiger partial charge in [0.2, 0.25) is 18.3 Å². The number of hydrogen-bond donors (Lipinski definition) is 2. The van der Waals surface area contributed by atoms with E-state index in [2.05, 4.69) is 0 Å². The SMILES string of the molecule is COC(=O)c1cc(O)c(O)c(OC)c1-c1c(C(=O)OC)cc2c(c1OC)OCO2. The van der Waals surface area contributed by atoms with E-state index in [0.717, 1.165) is 13.2 Å². The number of methoxy groups -OCH3 is 4. The van der Waals surface area contributed by atoms with Gasteiger partial charge in [-0.05, 0) is 12.1 Å². The number of esters is 2. The molecule has 0 aromatic heterocycles. The minimum absolute atomic E-state index is 0.0242. The smallest absolute Gasteiger partial charge is 0.338 e. The fourth-order valence-electron chi connectivity index (χ4n) is 3.08. The lowest BCUT2D eigenvalue weighted by Crippen LogP contribution is -2.10. The van der Waals surface area contributed by atoms with Gasteiger partial charge in [0.25, 0.3) is 0 Å². The van der Waals surface area contributed by atoms with Crippen LogP contribution in [0.3, 0.4) is 0 Å². The van der Waals surface area contributed by atoms with Crippen LogP contribution in [-0.2, 0) is 9.47 Å². The first-order valence-corrected chi connectivity index (χ1v) is 8.20. The van der Waals surface area contributed by atoms with Gasteiger partial charge in [0.1, 0.15) is 0 Å². The molecule has 0 amide bonds. The Hall–Kier alpha value is -3.82. The van der Waals surface area contributed by atoms with Gasteiger partial charge in [0.15, 0.2) is 23.0 Å². The third-order valence-corrected chi connectivity index (χ3v) is 4.32. The highest BCUT2D eigenvalue weighted by molar-refractivity contribution is 6.08. The van der Waals surface area contributed by atoms with Gasteiger partial charge in [-0.15, -0.1) is 0 Å². The first-order valence-electron chi connectivity index (χ1n) is 8.20. The zero-order valence-electron chi connectivity index (χ0n) is 16.0. The van der Waals surface area contributed by atoms with Crippen LogP contribution in [0.25, 0.3) is 11.1 Å². The normalized spacial score (nSPS) is 11.7. The molecule has 2 aromatic rings. The largest absolute Gasteiger partial charge is 0.504 e. The van der Waals surface area contributed by atoms with Gasteiger partial charge in [-0.1, -0.05) is 0 Å². The Bertz CT molecular complexity index is 995. The van der Waals surface area contributed by atoms with Gasteiger partial charge >= 0.3 is 11.9 Å². The zero-order chi connectivity index (χ0) is 21.3. The lowest BCUT2D eigenvalue weighted by atomic mass is 9.91. The molecule has 29 heavy (non-hydrogen) atoms. The Kier molecular flexibility index (Phi) is 5.26. The van der Waals surface area contributed by atoms with Gasteiger partial charge in [0, 0.05) is 11.1 Å². The lowest BCUT2D eigenvalue weighted by molar-refractivity contribution is 0.0589. The highest BCUT2D eigenvalue weighted by Gasteiger charge is 2.34. The van der Waals surface area contributed by atoms with Crippen molar-refractivity contribution in [1.82, 2.24) is 0 Å². The third-order valence-electron chi connectivity index (χ3n) is 4.32. The number of benzene rings is 2. The number of carbonyl (C=O) groups is 2. The fourth-order valence-corrected chi connectivity index (χ4v) is 3.08. The molecular formula is C19H18O10. The van der Waals surface area contributed by atoms with Gasteiger partial charge in [-0.25, -0.2) is 9.59 Å². The highest BCUT2D eigenvalue weighted by Crippen LogP contribution is 2.54. The van der Waals surface area contributed by atoms with E-state index in [4.69, 9.17) is 28.4 Å². The topological polar surface area (TPSA) is 130 Å². The Morgan fingerprint density at radius 1 is 0.862 bits per heavy atom. The van der Waals surface area contributed by atoms with E-state index in [1.54, 1.807) is 0 Å². The van der Waals surface area contributed by atoms with E-state index in [0.29, 0.717) is 0 Å². The molecule has 0 atom stereocenters. The summed E-state index contributed by atoms with van der Waals surface area (Å²) in [6, 6.07) is 2.35. The second-order valence-corrected chi connectivity index (χ2v) is 5.75. The molecule has 3 rings (SSSR count). The summed E-state index contributed by atoms with van der Waals surface area (Å²) in [5.41, 5.74) is -0.287. The van der Waals surface area contributed by atoms with E-state index in [-0.39, 0.29) is 52.0 Å². The first kappa shape index (κ1) is 19.9. The number of phenols is 2. The Morgan fingerprint density at radius 2 is 1.41 bits per heavy atom. The van der Waals surface area contributed by atoms with Crippen LogP contribution in [0.15, 0.2) is 12.1 Å². The van der Waals surface area contributed by atoms with Gasteiger partial charge < -0.3 is 38.6 Å². The summed E-state index contributed by atoms with van der Waals surface area (Å²) < 4.78 is 31.1. The van der Waals surface area contributed by atoms with Crippen LogP contribution >= 0.6 is 0 Å². The Labute approximate surface area is 165 Å². The predicted molar refractivity (Wildman–Crippen MR) is 97.1 cm³/mol. The summed E-state index contributed by atoms with van der Waals surface area (Å²) >= 11 is 0. The van der Waals surface area contributed by atoms with Crippen molar-refractivity contribution in [3.63, 3.8) is 0 Å². The van der Waals surface area contributed by atoms with E-state index in [9.17, 15) is 19.8 Å². The molecule has 0 fully saturated rings. The summed E-state index contributed by atoms with van der Waals surface area (Å²) in [7, 11) is 4.86. The monoisotopic (exact) mass is 406 g/mol. The van der Waals surface area contributed by atoms with Crippen molar-refractivity contribution in [2.75, 3.05) is 35.2 Å². The molecule has 154 valence electrons. The maximum atomic E-state index is 12.5. The van der Waals surface area contributed by atoms with Crippen LogP contribution in [0.5, 0.6) is 34.5 Å². The van der Waals surface area contributed by atoms with E-state index in [1.165, 1.54) is 27.4 Å². The molecule has 0 bridgehead atoms. The second kappa shape index (κ2) is 7.66. The summed E-state index contributed by atoms with van der Waals surface area (Å²) in [5, 5.41) is 20.4. The maximum Gasteiger partial charge on any atom is 0.338 e. The van der Waals surface area contributed by atoms with Crippen molar-refractivity contribution in [2.45, 2.75) is 0 Å². The molecule has 0 aliphatic carbocycles. The van der Waals surface area contributed by atoms with Crippen LogP contribution in [0.1, 0.15) is 20.7 Å². The van der Waals surface area contributed by atoms with Crippen LogP contribution < -0.4 is 18.9 Å². The number of phenolic OH excluding ortho intramolecular Hbond substituents is 2. The quantitative estimate of drug-likeness (QED) is 0.562. The van der Waals surface area contributed by atoms with Crippen LogP contribution in [0, 0.1) is 0 Å². The molecule has 1 heterocycles. The molecule has 2 aromatic carbocycles. The van der Waals surface area contributed by atoms with Crippen molar-refractivity contribution in [3.05, 3.63) is 23.3 Å². The first-order chi connectivity index (χ1) is 13.9. The highest BCUT2D eigenvalue weighted by atomic mass is 16.7. The predicted octanol–water partition coefficient (Wildman–Crippen LogP) is 2.08. The van der Waals surface area contributed by atoms with Crippen molar-refractivity contribution in [3.8, 4) is 45.6 Å². The molecule has 0 saturated carbocycles. The molecule has 0 unspecified atom stereocenters. The molecule has 10 heteroatoms. The Balaban J connectivity index is 2.52. The summed E-state index contributed by atoms with van der Waals surface area (Å²) in [5.74, 6) is -2.74. The summed E-state index contributed by atoms with van der Waals surface area (Å²) in [6.07, 6.45) is 0. The molecule has 0 saturated heterocycles. The van der Waals surface area contributed by atoms with E-state index in [1.807, 2.05) is 0 Å². The molecule has 2 N–H and O–H groups in total. The van der Waals surface area contributed by atoms with Crippen molar-refractivity contribution in [1.29, 1.82) is 0 Å². The molecule has 1 aliphatic heterocycles. The number of hydrogen-bond acceptors (Lipinski definition) is 10. The van der Waals surface area contributed by atoms with Crippen LogP contribution in [0.4, 0.5) is 0 Å². The minimum atomic E-state index is -0.857. The van der Waals surface area contributed by atoms with Crippen molar-refractivity contribution < 1.29 is 48.2 Å². The molecular weight excluding hydrogens is 388 g/mol. The number of rotatable bonds is 5. The molecule has 1 aliphatic rings. The zero-order valence-corrected chi connectivity index (χ0v) is 16.0. The van der Waals surface area contributed by atoms with Gasteiger partial charge in [-0.2, -0.15) is 0 Å². The summed E-state index contributed by atoms with van der Waals surface area (Å²) in [4.78, 5) is 25.0. The van der Waals surface area contributed by atoms with Crippen LogP contribution in [0.2, 0.25) is 0 Å². The maximum absolute atomic E-state index is 12.5. The number of fused-ring (bicyclic) bond motifs is 1. The number of aromatic hydroxyl groups is 2. The third kappa shape index (κ3) is 3.08. The average Bonchev–Trinajstić information content (AvgIpc) is 3.21. The van der Waals surface area contributed by atoms with E-state index >= 15 is 0 Å². The Morgan fingerprint density at radius 3 is 1.97 bits per heavy atom. The molecule has 0 radical (unpaired) electrons. The van der Waals surface area contributed by atoms with Crippen LogP contribution in [-0.4, -0.2) is 57.4 Å². The minimum Gasteiger partial charge on any atom is -0.504 e. The van der Waals surface area contributed by atoms with E-state index < -0.39 is 23.4 Å². The second-order valence-electron chi connectivity index (χ2n) is 5.75. The van der Waals surface area contributed by atoms with Gasteiger partial charge in [-0.3, -0.25) is 0 Å². The van der Waals surface area contributed by atoms with Crippen molar-refractivity contribution >= 4 is 11.9 Å². The number of carbonyl (C=O) groups excluding carboxylic acids is 2. The number of ether oxygens (including phenoxy) is 6. The average molecular weight is 406 g/mol. The molecule has 0 spiro atoms.